The maximum absolute atomic E-state index is 5.92. The molecular formula is C9H11Cl3N2O. The van der Waals surface area contributed by atoms with Crippen molar-refractivity contribution in [2.75, 3.05) is 19.0 Å². The van der Waals surface area contributed by atoms with Crippen LogP contribution in [0.5, 0.6) is 0 Å². The third-order valence-electron chi connectivity index (χ3n) is 1.85. The Kier molecular flexibility index (Phi) is 4.93. The van der Waals surface area contributed by atoms with Crippen LogP contribution >= 0.6 is 34.8 Å². The molecule has 1 heterocycles. The fraction of sp³-hybridized carbons (Fsp3) is 0.444. The lowest BCUT2D eigenvalue weighted by atomic mass is 10.4. The molecule has 1 atom stereocenters. The number of hydrogen-bond acceptors (Lipinski definition) is 3. The third kappa shape index (κ3) is 3.68. The highest BCUT2D eigenvalue weighted by atomic mass is 35.5. The molecule has 3 nitrogen and oxygen atoms in total. The van der Waals surface area contributed by atoms with Crippen molar-refractivity contribution in [2.24, 2.45) is 0 Å². The molecule has 0 saturated heterocycles. The van der Waals surface area contributed by atoms with Crippen LogP contribution in [0.15, 0.2) is 6.07 Å². The standard InChI is InChI=1S/C9H11Cl3N2O/c1-5(15-2)4-13-9-7(11)3-6(10)8(12)14-9/h3,5H,4H2,1-2H3,(H,13,14). The smallest absolute Gasteiger partial charge is 0.150 e. The second-order valence-electron chi connectivity index (χ2n) is 3.02. The van der Waals surface area contributed by atoms with E-state index in [0.29, 0.717) is 22.4 Å². The van der Waals surface area contributed by atoms with E-state index in [1.807, 2.05) is 6.92 Å². The molecule has 0 fully saturated rings. The SMILES string of the molecule is COC(C)CNc1nc(Cl)c(Cl)cc1Cl. The van der Waals surface area contributed by atoms with Crippen LogP contribution in [-0.4, -0.2) is 24.7 Å². The maximum Gasteiger partial charge on any atom is 0.150 e. The molecule has 0 aromatic carbocycles. The van der Waals surface area contributed by atoms with E-state index in [1.54, 1.807) is 13.2 Å². The van der Waals surface area contributed by atoms with Crippen LogP contribution in [0.4, 0.5) is 5.82 Å². The molecule has 1 rings (SSSR count). The lowest BCUT2D eigenvalue weighted by Gasteiger charge is -2.12. The quantitative estimate of drug-likeness (QED) is 0.850. The van der Waals surface area contributed by atoms with Gasteiger partial charge < -0.3 is 10.1 Å². The first kappa shape index (κ1) is 12.8. The van der Waals surface area contributed by atoms with E-state index >= 15 is 0 Å². The Labute approximate surface area is 104 Å². The molecule has 1 unspecified atom stereocenters. The Bertz CT molecular complexity index is 346. The van der Waals surface area contributed by atoms with Crippen LogP contribution in [0.25, 0.3) is 0 Å². The van der Waals surface area contributed by atoms with Crippen molar-refractivity contribution < 1.29 is 4.74 Å². The Hall–Kier alpha value is -0.220. The number of anilines is 1. The molecule has 1 aromatic rings. The van der Waals surface area contributed by atoms with E-state index < -0.39 is 0 Å². The number of hydrogen-bond donors (Lipinski definition) is 1. The Morgan fingerprint density at radius 3 is 2.67 bits per heavy atom. The van der Waals surface area contributed by atoms with Crippen LogP contribution in [0.2, 0.25) is 15.2 Å². The molecule has 6 heteroatoms. The van der Waals surface area contributed by atoms with E-state index in [1.165, 1.54) is 0 Å². The number of pyridine rings is 1. The summed E-state index contributed by atoms with van der Waals surface area (Å²) in [4.78, 5) is 4.01. The minimum Gasteiger partial charge on any atom is -0.380 e. The Morgan fingerprint density at radius 2 is 2.07 bits per heavy atom. The van der Waals surface area contributed by atoms with Gasteiger partial charge in [0.1, 0.15) is 11.0 Å². The van der Waals surface area contributed by atoms with Gasteiger partial charge in [0.25, 0.3) is 0 Å². The second kappa shape index (κ2) is 5.75. The van der Waals surface area contributed by atoms with Crippen molar-refractivity contribution in [3.05, 3.63) is 21.3 Å². The number of halogens is 3. The summed E-state index contributed by atoms with van der Waals surface area (Å²) in [5.74, 6) is 0.509. The van der Waals surface area contributed by atoms with Crippen molar-refractivity contribution in [1.82, 2.24) is 4.98 Å². The minimum absolute atomic E-state index is 0.0670. The fourth-order valence-corrected chi connectivity index (χ4v) is 1.46. The van der Waals surface area contributed by atoms with Gasteiger partial charge in [0, 0.05) is 13.7 Å². The first-order chi connectivity index (χ1) is 7.04. The van der Waals surface area contributed by atoms with Gasteiger partial charge in [-0.3, -0.25) is 0 Å². The summed E-state index contributed by atoms with van der Waals surface area (Å²) >= 11 is 17.4. The first-order valence-corrected chi connectivity index (χ1v) is 5.46. The van der Waals surface area contributed by atoms with E-state index in [2.05, 4.69) is 10.3 Å². The summed E-state index contributed by atoms with van der Waals surface area (Å²) in [6.07, 6.45) is 0.0670. The summed E-state index contributed by atoms with van der Waals surface area (Å²) in [5, 5.41) is 4.03. The van der Waals surface area contributed by atoms with Gasteiger partial charge in [-0.05, 0) is 13.0 Å². The van der Waals surface area contributed by atoms with Crippen molar-refractivity contribution >= 4 is 40.6 Å². The zero-order chi connectivity index (χ0) is 11.4. The molecule has 0 amide bonds. The predicted octanol–water partition coefficient (Wildman–Crippen LogP) is 3.49. The van der Waals surface area contributed by atoms with Crippen LogP contribution in [0, 0.1) is 0 Å². The molecule has 1 aromatic heterocycles. The first-order valence-electron chi connectivity index (χ1n) is 4.32. The van der Waals surface area contributed by atoms with Gasteiger partial charge in [0.05, 0.1) is 16.1 Å². The molecule has 0 aliphatic heterocycles. The summed E-state index contributed by atoms with van der Waals surface area (Å²) < 4.78 is 5.07. The lowest BCUT2D eigenvalue weighted by molar-refractivity contribution is 0.128. The molecule has 1 N–H and O–H groups in total. The van der Waals surface area contributed by atoms with Crippen molar-refractivity contribution in [3.63, 3.8) is 0 Å². The molecule has 0 bridgehead atoms. The van der Waals surface area contributed by atoms with Gasteiger partial charge in [-0.25, -0.2) is 4.98 Å². The zero-order valence-electron chi connectivity index (χ0n) is 8.35. The highest BCUT2D eigenvalue weighted by molar-refractivity contribution is 6.42. The van der Waals surface area contributed by atoms with Crippen molar-refractivity contribution in [1.29, 1.82) is 0 Å². The largest absolute Gasteiger partial charge is 0.380 e. The summed E-state index contributed by atoms with van der Waals surface area (Å²) in [6.45, 7) is 2.53. The average Bonchev–Trinajstić information content (AvgIpc) is 2.21. The van der Waals surface area contributed by atoms with Crippen LogP contribution in [0.3, 0.4) is 0 Å². The fourth-order valence-electron chi connectivity index (χ4n) is 0.892. The van der Waals surface area contributed by atoms with E-state index in [-0.39, 0.29) is 11.3 Å². The number of ether oxygens (including phenoxy) is 1. The highest BCUT2D eigenvalue weighted by Crippen LogP contribution is 2.28. The minimum atomic E-state index is 0.0670. The summed E-state index contributed by atoms with van der Waals surface area (Å²) in [6, 6.07) is 1.55. The number of aromatic nitrogens is 1. The van der Waals surface area contributed by atoms with Gasteiger partial charge in [0.15, 0.2) is 0 Å². The monoisotopic (exact) mass is 268 g/mol. The van der Waals surface area contributed by atoms with Crippen LogP contribution in [0.1, 0.15) is 6.92 Å². The zero-order valence-corrected chi connectivity index (χ0v) is 10.6. The highest BCUT2D eigenvalue weighted by Gasteiger charge is 2.08. The van der Waals surface area contributed by atoms with Gasteiger partial charge in [0.2, 0.25) is 0 Å². The van der Waals surface area contributed by atoms with Crippen molar-refractivity contribution in [2.45, 2.75) is 13.0 Å². The average molecular weight is 270 g/mol. The van der Waals surface area contributed by atoms with Crippen LogP contribution in [-0.2, 0) is 4.74 Å². The normalized spacial score (nSPS) is 12.6. The van der Waals surface area contributed by atoms with Gasteiger partial charge in [-0.15, -0.1) is 0 Å². The van der Waals surface area contributed by atoms with E-state index in [9.17, 15) is 0 Å². The van der Waals surface area contributed by atoms with Gasteiger partial charge in [-0.2, -0.15) is 0 Å². The maximum atomic E-state index is 5.92. The molecular weight excluding hydrogens is 258 g/mol. The van der Waals surface area contributed by atoms with Crippen LogP contribution < -0.4 is 5.32 Å². The van der Waals surface area contributed by atoms with E-state index in [0.717, 1.165) is 0 Å². The number of nitrogens with one attached hydrogen (secondary N) is 1. The predicted molar refractivity (Wildman–Crippen MR) is 64.2 cm³/mol. The summed E-state index contributed by atoms with van der Waals surface area (Å²) in [7, 11) is 1.64. The summed E-state index contributed by atoms with van der Waals surface area (Å²) in [5.41, 5.74) is 0. The third-order valence-corrected chi connectivity index (χ3v) is 2.81. The molecule has 0 aliphatic carbocycles. The molecule has 84 valence electrons. The number of rotatable bonds is 4. The Morgan fingerprint density at radius 1 is 1.40 bits per heavy atom. The topological polar surface area (TPSA) is 34.1 Å². The van der Waals surface area contributed by atoms with Crippen molar-refractivity contribution in [3.8, 4) is 0 Å². The van der Waals surface area contributed by atoms with Gasteiger partial charge in [-0.1, -0.05) is 34.8 Å². The lowest BCUT2D eigenvalue weighted by Crippen LogP contribution is -2.18. The molecule has 15 heavy (non-hydrogen) atoms. The Balaban J connectivity index is 2.73. The number of methoxy groups -OCH3 is 1. The molecule has 0 aliphatic rings. The molecule has 0 saturated carbocycles. The van der Waals surface area contributed by atoms with E-state index in [4.69, 9.17) is 39.5 Å². The van der Waals surface area contributed by atoms with Gasteiger partial charge >= 0.3 is 0 Å². The number of nitrogens with zero attached hydrogens (tertiary/aromatic N) is 1. The molecule has 0 spiro atoms. The second-order valence-corrected chi connectivity index (χ2v) is 4.19. The molecule has 0 radical (unpaired) electrons.